The van der Waals surface area contributed by atoms with Crippen molar-refractivity contribution in [3.05, 3.63) is 16.9 Å². The molecular weight excluding hydrogens is 248 g/mol. The lowest BCUT2D eigenvalue weighted by Crippen LogP contribution is -2.23. The summed E-state index contributed by atoms with van der Waals surface area (Å²) in [5.41, 5.74) is 0.806. The molecule has 0 spiro atoms. The van der Waals surface area contributed by atoms with Gasteiger partial charge in [0.15, 0.2) is 0 Å². The molecular formula is C14H23ClN2O. The lowest BCUT2D eigenvalue weighted by molar-refractivity contribution is 0.0609. The van der Waals surface area contributed by atoms with Gasteiger partial charge in [-0.15, -0.1) is 0 Å². The molecule has 3 atom stereocenters. The lowest BCUT2D eigenvalue weighted by Gasteiger charge is -2.32. The molecule has 1 aromatic rings. The summed E-state index contributed by atoms with van der Waals surface area (Å²) < 4.78 is 1.82. The van der Waals surface area contributed by atoms with Crippen LogP contribution in [0.1, 0.15) is 57.7 Å². The summed E-state index contributed by atoms with van der Waals surface area (Å²) in [4.78, 5) is 0. The SMILES string of the molecule is CCC1CCCC(C(O)c2c(Cl)cnn2CC)C1. The average molecular weight is 271 g/mol. The van der Waals surface area contributed by atoms with Crippen molar-refractivity contribution in [1.29, 1.82) is 0 Å². The van der Waals surface area contributed by atoms with E-state index in [2.05, 4.69) is 12.0 Å². The second-order valence-corrected chi connectivity index (χ2v) is 5.75. The number of hydrogen-bond donors (Lipinski definition) is 1. The van der Waals surface area contributed by atoms with Crippen LogP contribution >= 0.6 is 11.6 Å². The Morgan fingerprint density at radius 1 is 1.50 bits per heavy atom. The number of rotatable bonds is 4. The van der Waals surface area contributed by atoms with E-state index in [0.29, 0.717) is 10.9 Å². The Morgan fingerprint density at radius 3 is 2.94 bits per heavy atom. The van der Waals surface area contributed by atoms with E-state index in [9.17, 15) is 5.11 Å². The van der Waals surface area contributed by atoms with E-state index in [1.165, 1.54) is 19.3 Å². The van der Waals surface area contributed by atoms with Crippen molar-refractivity contribution in [3.8, 4) is 0 Å². The molecule has 1 heterocycles. The van der Waals surface area contributed by atoms with Gasteiger partial charge in [0.1, 0.15) is 0 Å². The average Bonchev–Trinajstić information content (AvgIpc) is 2.79. The smallest absolute Gasteiger partial charge is 0.0999 e. The fourth-order valence-electron chi connectivity index (χ4n) is 3.13. The minimum atomic E-state index is -0.464. The van der Waals surface area contributed by atoms with Crippen LogP contribution in [0.5, 0.6) is 0 Å². The van der Waals surface area contributed by atoms with Crippen molar-refractivity contribution in [2.24, 2.45) is 11.8 Å². The van der Waals surface area contributed by atoms with Gasteiger partial charge in [-0.2, -0.15) is 5.10 Å². The van der Waals surface area contributed by atoms with Crippen molar-refractivity contribution in [3.63, 3.8) is 0 Å². The monoisotopic (exact) mass is 270 g/mol. The molecule has 0 radical (unpaired) electrons. The second-order valence-electron chi connectivity index (χ2n) is 5.34. The van der Waals surface area contributed by atoms with E-state index in [1.54, 1.807) is 6.20 Å². The molecule has 0 saturated heterocycles. The molecule has 1 N–H and O–H groups in total. The number of aliphatic hydroxyl groups excluding tert-OH is 1. The first kappa shape index (κ1) is 13.9. The molecule has 1 aromatic heterocycles. The first-order chi connectivity index (χ1) is 8.67. The fraction of sp³-hybridized carbons (Fsp3) is 0.786. The summed E-state index contributed by atoms with van der Waals surface area (Å²) in [6.45, 7) is 5.01. The van der Waals surface area contributed by atoms with Crippen molar-refractivity contribution in [2.75, 3.05) is 0 Å². The molecule has 1 saturated carbocycles. The third-order valence-corrected chi connectivity index (χ3v) is 4.55. The van der Waals surface area contributed by atoms with Gasteiger partial charge in [0.2, 0.25) is 0 Å². The van der Waals surface area contributed by atoms with Crippen LogP contribution in [0.15, 0.2) is 6.20 Å². The minimum absolute atomic E-state index is 0.336. The number of halogens is 1. The molecule has 4 heteroatoms. The van der Waals surface area contributed by atoms with E-state index in [4.69, 9.17) is 11.6 Å². The maximum Gasteiger partial charge on any atom is 0.0999 e. The number of aromatic nitrogens is 2. The van der Waals surface area contributed by atoms with Gasteiger partial charge < -0.3 is 5.11 Å². The summed E-state index contributed by atoms with van der Waals surface area (Å²) in [5, 5.41) is 15.4. The zero-order valence-corrected chi connectivity index (χ0v) is 12.0. The van der Waals surface area contributed by atoms with Crippen LogP contribution in [0.25, 0.3) is 0 Å². The summed E-state index contributed by atoms with van der Waals surface area (Å²) >= 11 is 6.16. The van der Waals surface area contributed by atoms with Crippen LogP contribution in [-0.2, 0) is 6.54 Å². The Bertz CT molecular complexity index is 391. The molecule has 1 aliphatic rings. The maximum atomic E-state index is 10.6. The Kier molecular flexibility index (Phi) is 4.68. The van der Waals surface area contributed by atoms with Gasteiger partial charge in [-0.1, -0.05) is 37.8 Å². The van der Waals surface area contributed by atoms with Gasteiger partial charge in [-0.05, 0) is 31.6 Å². The van der Waals surface area contributed by atoms with Crippen molar-refractivity contribution in [2.45, 2.75) is 58.6 Å². The highest BCUT2D eigenvalue weighted by Gasteiger charge is 2.30. The molecule has 2 rings (SSSR count). The van der Waals surface area contributed by atoms with Crippen LogP contribution in [0, 0.1) is 11.8 Å². The highest BCUT2D eigenvalue weighted by molar-refractivity contribution is 6.31. The molecule has 18 heavy (non-hydrogen) atoms. The number of aryl methyl sites for hydroxylation is 1. The lowest BCUT2D eigenvalue weighted by atomic mass is 9.77. The molecule has 3 nitrogen and oxygen atoms in total. The van der Waals surface area contributed by atoms with E-state index >= 15 is 0 Å². The summed E-state index contributed by atoms with van der Waals surface area (Å²) in [5.74, 6) is 1.10. The Morgan fingerprint density at radius 2 is 2.28 bits per heavy atom. The fourth-order valence-corrected chi connectivity index (χ4v) is 3.38. The molecule has 1 fully saturated rings. The quantitative estimate of drug-likeness (QED) is 0.904. The van der Waals surface area contributed by atoms with Crippen LogP contribution in [-0.4, -0.2) is 14.9 Å². The third kappa shape index (κ3) is 2.72. The van der Waals surface area contributed by atoms with Crippen LogP contribution in [0.2, 0.25) is 5.02 Å². The molecule has 0 amide bonds. The molecule has 1 aliphatic carbocycles. The van der Waals surface area contributed by atoms with Crippen LogP contribution in [0.3, 0.4) is 0 Å². The molecule has 3 unspecified atom stereocenters. The molecule has 0 bridgehead atoms. The van der Waals surface area contributed by atoms with E-state index < -0.39 is 6.10 Å². The Labute approximate surface area is 114 Å². The second kappa shape index (κ2) is 6.07. The Balaban J connectivity index is 2.14. The number of aliphatic hydroxyl groups is 1. The predicted octanol–water partition coefficient (Wildman–Crippen LogP) is 3.81. The Hall–Kier alpha value is -0.540. The van der Waals surface area contributed by atoms with E-state index in [0.717, 1.165) is 31.0 Å². The topological polar surface area (TPSA) is 38.1 Å². The first-order valence-electron chi connectivity index (χ1n) is 7.06. The largest absolute Gasteiger partial charge is 0.386 e. The van der Waals surface area contributed by atoms with Gasteiger partial charge in [0.05, 0.1) is 23.0 Å². The van der Waals surface area contributed by atoms with E-state index in [1.807, 2.05) is 11.6 Å². The first-order valence-corrected chi connectivity index (χ1v) is 7.44. The number of hydrogen-bond acceptors (Lipinski definition) is 2. The van der Waals surface area contributed by atoms with Crippen LogP contribution < -0.4 is 0 Å². The molecule has 0 aliphatic heterocycles. The molecule has 102 valence electrons. The summed E-state index contributed by atoms with van der Waals surface area (Å²) in [6.07, 6.45) is 7.13. The van der Waals surface area contributed by atoms with Crippen molar-refractivity contribution >= 4 is 11.6 Å². The van der Waals surface area contributed by atoms with Crippen LogP contribution in [0.4, 0.5) is 0 Å². The normalized spacial score (nSPS) is 26.2. The van der Waals surface area contributed by atoms with Gasteiger partial charge in [0.25, 0.3) is 0 Å². The standard InChI is InChI=1S/C14H23ClN2O/c1-3-10-6-5-7-11(8-10)14(18)13-12(15)9-16-17(13)4-2/h9-11,14,18H,3-8H2,1-2H3. The predicted molar refractivity (Wildman–Crippen MR) is 73.6 cm³/mol. The van der Waals surface area contributed by atoms with Gasteiger partial charge in [-0.3, -0.25) is 4.68 Å². The van der Waals surface area contributed by atoms with Gasteiger partial charge in [0, 0.05) is 6.54 Å². The van der Waals surface area contributed by atoms with Gasteiger partial charge in [-0.25, -0.2) is 0 Å². The summed E-state index contributed by atoms with van der Waals surface area (Å²) in [7, 11) is 0. The number of nitrogens with zero attached hydrogens (tertiary/aromatic N) is 2. The maximum absolute atomic E-state index is 10.6. The summed E-state index contributed by atoms with van der Waals surface area (Å²) in [6, 6.07) is 0. The van der Waals surface area contributed by atoms with E-state index in [-0.39, 0.29) is 0 Å². The van der Waals surface area contributed by atoms with Gasteiger partial charge >= 0.3 is 0 Å². The highest BCUT2D eigenvalue weighted by Crippen LogP contribution is 2.39. The zero-order valence-electron chi connectivity index (χ0n) is 11.3. The highest BCUT2D eigenvalue weighted by atomic mass is 35.5. The van der Waals surface area contributed by atoms with Crippen molar-refractivity contribution in [1.82, 2.24) is 9.78 Å². The van der Waals surface area contributed by atoms with Crippen molar-refractivity contribution < 1.29 is 5.11 Å². The third-order valence-electron chi connectivity index (χ3n) is 4.26. The zero-order chi connectivity index (χ0) is 13.1. The molecule has 0 aromatic carbocycles. The minimum Gasteiger partial charge on any atom is -0.386 e.